The van der Waals surface area contributed by atoms with Crippen LogP contribution in [0, 0.1) is 6.92 Å². The molecule has 0 aliphatic carbocycles. The number of imidazole rings is 1. The Morgan fingerprint density at radius 1 is 1.47 bits per heavy atom. The summed E-state index contributed by atoms with van der Waals surface area (Å²) in [5.74, 6) is 0.481. The van der Waals surface area contributed by atoms with Crippen LogP contribution in [0.3, 0.4) is 0 Å². The van der Waals surface area contributed by atoms with E-state index in [1.54, 1.807) is 25.4 Å². The smallest absolute Gasteiger partial charge is 0.257 e. The van der Waals surface area contributed by atoms with Gasteiger partial charge in [0.2, 0.25) is 0 Å². The summed E-state index contributed by atoms with van der Waals surface area (Å²) in [7, 11) is 0. The van der Waals surface area contributed by atoms with Crippen LogP contribution in [0.2, 0.25) is 0 Å². The number of aryl methyl sites for hydroxylation is 1. The van der Waals surface area contributed by atoms with E-state index in [0.29, 0.717) is 29.3 Å². The predicted molar refractivity (Wildman–Crippen MR) is 66.3 cm³/mol. The van der Waals surface area contributed by atoms with E-state index in [1.165, 1.54) is 6.20 Å². The zero-order valence-corrected chi connectivity index (χ0v) is 10.2. The molecule has 0 unspecified atom stereocenters. The molecule has 0 aliphatic rings. The molecule has 0 aromatic carbocycles. The molecule has 1 amide bonds. The summed E-state index contributed by atoms with van der Waals surface area (Å²) in [4.78, 5) is 23.0. The van der Waals surface area contributed by atoms with Crippen molar-refractivity contribution in [3.05, 3.63) is 41.7 Å². The lowest BCUT2D eigenvalue weighted by atomic mass is 10.2. The van der Waals surface area contributed by atoms with Crippen LogP contribution in [0.4, 0.5) is 0 Å². The molecular formula is C12H11N5O2. The standard InChI is InChI=1S/C12H11N5O2/c1-7-9-4-8(5-16-12(9)19-17-7)11(18)15-6-10-13-2-3-14-10/h2-5H,6H2,1H3,(H,13,14)(H,15,18). The monoisotopic (exact) mass is 257 g/mol. The number of carbonyl (C=O) groups is 1. The third kappa shape index (κ3) is 2.17. The Hall–Kier alpha value is -2.70. The second kappa shape index (κ2) is 4.52. The minimum Gasteiger partial charge on any atom is -0.347 e. The van der Waals surface area contributed by atoms with Crippen LogP contribution in [0.5, 0.6) is 0 Å². The van der Waals surface area contributed by atoms with E-state index in [0.717, 1.165) is 5.39 Å². The Morgan fingerprint density at radius 2 is 2.37 bits per heavy atom. The van der Waals surface area contributed by atoms with E-state index >= 15 is 0 Å². The van der Waals surface area contributed by atoms with Gasteiger partial charge >= 0.3 is 0 Å². The van der Waals surface area contributed by atoms with Crippen LogP contribution in [0.25, 0.3) is 11.1 Å². The topological polar surface area (TPSA) is 96.7 Å². The number of aromatic nitrogens is 4. The van der Waals surface area contributed by atoms with Crippen molar-refractivity contribution in [2.24, 2.45) is 0 Å². The molecule has 0 saturated carbocycles. The molecule has 0 spiro atoms. The quantitative estimate of drug-likeness (QED) is 0.734. The van der Waals surface area contributed by atoms with Crippen molar-refractivity contribution in [3.8, 4) is 0 Å². The minimum absolute atomic E-state index is 0.216. The molecule has 2 N–H and O–H groups in total. The average molecular weight is 257 g/mol. The largest absolute Gasteiger partial charge is 0.347 e. The Bertz CT molecular complexity index is 717. The number of carbonyl (C=O) groups excluding carboxylic acids is 1. The number of aromatic amines is 1. The fourth-order valence-corrected chi connectivity index (χ4v) is 1.73. The molecule has 3 heterocycles. The van der Waals surface area contributed by atoms with E-state index < -0.39 is 0 Å². The third-order valence-electron chi connectivity index (χ3n) is 2.74. The summed E-state index contributed by atoms with van der Waals surface area (Å²) < 4.78 is 4.99. The van der Waals surface area contributed by atoms with Gasteiger partial charge in [-0.1, -0.05) is 5.16 Å². The second-order valence-electron chi connectivity index (χ2n) is 4.06. The normalized spacial score (nSPS) is 10.8. The molecule has 0 fully saturated rings. The molecule has 3 aromatic rings. The van der Waals surface area contributed by atoms with Gasteiger partial charge in [0.05, 0.1) is 23.2 Å². The fourth-order valence-electron chi connectivity index (χ4n) is 1.73. The highest BCUT2D eigenvalue weighted by Gasteiger charge is 2.11. The molecule has 3 rings (SSSR count). The number of hydrogen-bond acceptors (Lipinski definition) is 5. The highest BCUT2D eigenvalue weighted by Crippen LogP contribution is 2.16. The van der Waals surface area contributed by atoms with Crippen molar-refractivity contribution in [1.82, 2.24) is 25.4 Å². The van der Waals surface area contributed by atoms with Crippen molar-refractivity contribution < 1.29 is 9.32 Å². The molecule has 0 radical (unpaired) electrons. The van der Waals surface area contributed by atoms with Gasteiger partial charge in [0.1, 0.15) is 5.82 Å². The number of pyridine rings is 1. The first-order valence-corrected chi connectivity index (χ1v) is 5.72. The lowest BCUT2D eigenvalue weighted by molar-refractivity contribution is 0.0950. The van der Waals surface area contributed by atoms with Gasteiger partial charge in [0.15, 0.2) is 0 Å². The molecule has 7 heteroatoms. The van der Waals surface area contributed by atoms with Crippen LogP contribution in [-0.2, 0) is 6.54 Å². The van der Waals surface area contributed by atoms with Gasteiger partial charge in [-0.25, -0.2) is 9.97 Å². The van der Waals surface area contributed by atoms with Gasteiger partial charge < -0.3 is 14.8 Å². The highest BCUT2D eigenvalue weighted by molar-refractivity contribution is 5.96. The van der Waals surface area contributed by atoms with Crippen LogP contribution in [-0.4, -0.2) is 26.0 Å². The Labute approximate surface area is 108 Å². The van der Waals surface area contributed by atoms with Crippen molar-refractivity contribution in [1.29, 1.82) is 0 Å². The molecule has 0 saturated heterocycles. The van der Waals surface area contributed by atoms with Gasteiger partial charge in [-0.3, -0.25) is 4.79 Å². The summed E-state index contributed by atoms with van der Waals surface area (Å²) in [6.45, 7) is 2.14. The maximum atomic E-state index is 12.0. The summed E-state index contributed by atoms with van der Waals surface area (Å²) in [6, 6.07) is 1.71. The molecule has 0 aliphatic heterocycles. The maximum Gasteiger partial charge on any atom is 0.257 e. The zero-order chi connectivity index (χ0) is 13.2. The highest BCUT2D eigenvalue weighted by atomic mass is 16.5. The first kappa shape index (κ1) is 11.4. The maximum absolute atomic E-state index is 12.0. The van der Waals surface area contributed by atoms with Crippen LogP contribution in [0.15, 0.2) is 29.2 Å². The van der Waals surface area contributed by atoms with E-state index in [-0.39, 0.29) is 5.91 Å². The SMILES string of the molecule is Cc1noc2ncc(C(=O)NCc3ncc[nH]3)cc12. The summed E-state index contributed by atoms with van der Waals surface area (Å²) in [5, 5.41) is 7.29. The van der Waals surface area contributed by atoms with E-state index in [2.05, 4.69) is 25.4 Å². The van der Waals surface area contributed by atoms with Gasteiger partial charge in [0, 0.05) is 18.6 Å². The zero-order valence-electron chi connectivity index (χ0n) is 10.2. The number of H-pyrrole nitrogens is 1. The van der Waals surface area contributed by atoms with Gasteiger partial charge in [-0.2, -0.15) is 0 Å². The van der Waals surface area contributed by atoms with Crippen molar-refractivity contribution >= 4 is 17.0 Å². The van der Waals surface area contributed by atoms with Gasteiger partial charge in [-0.15, -0.1) is 0 Å². The molecule has 19 heavy (non-hydrogen) atoms. The first-order chi connectivity index (χ1) is 9.24. The predicted octanol–water partition coefficient (Wildman–Crippen LogP) is 1.18. The lowest BCUT2D eigenvalue weighted by Gasteiger charge is -2.02. The summed E-state index contributed by atoms with van der Waals surface area (Å²) in [6.07, 6.45) is 4.80. The van der Waals surface area contributed by atoms with Crippen LogP contribution < -0.4 is 5.32 Å². The molecule has 0 atom stereocenters. The molecule has 96 valence electrons. The van der Waals surface area contributed by atoms with Gasteiger partial charge in [-0.05, 0) is 13.0 Å². The van der Waals surface area contributed by atoms with E-state index in [1.807, 2.05) is 0 Å². The Balaban J connectivity index is 1.79. The van der Waals surface area contributed by atoms with Crippen molar-refractivity contribution in [2.75, 3.05) is 0 Å². The molecular weight excluding hydrogens is 246 g/mol. The number of nitrogens with one attached hydrogen (secondary N) is 2. The third-order valence-corrected chi connectivity index (χ3v) is 2.74. The van der Waals surface area contributed by atoms with Crippen molar-refractivity contribution in [3.63, 3.8) is 0 Å². The summed E-state index contributed by atoms with van der Waals surface area (Å²) >= 11 is 0. The molecule has 0 bridgehead atoms. The molecule has 3 aromatic heterocycles. The summed E-state index contributed by atoms with van der Waals surface area (Å²) in [5.41, 5.74) is 1.61. The average Bonchev–Trinajstić information content (AvgIpc) is 3.06. The second-order valence-corrected chi connectivity index (χ2v) is 4.06. The number of fused-ring (bicyclic) bond motifs is 1. The lowest BCUT2D eigenvalue weighted by Crippen LogP contribution is -2.23. The minimum atomic E-state index is -0.216. The van der Waals surface area contributed by atoms with Crippen molar-refractivity contribution in [2.45, 2.75) is 13.5 Å². The number of nitrogens with zero attached hydrogens (tertiary/aromatic N) is 3. The Morgan fingerprint density at radius 3 is 3.16 bits per heavy atom. The number of hydrogen-bond donors (Lipinski definition) is 2. The first-order valence-electron chi connectivity index (χ1n) is 5.72. The van der Waals surface area contributed by atoms with Gasteiger partial charge in [0.25, 0.3) is 11.6 Å². The van der Waals surface area contributed by atoms with Crippen LogP contribution in [0.1, 0.15) is 21.9 Å². The van der Waals surface area contributed by atoms with E-state index in [4.69, 9.17) is 4.52 Å². The fraction of sp³-hybridized carbons (Fsp3) is 0.167. The number of amides is 1. The van der Waals surface area contributed by atoms with Crippen LogP contribution >= 0.6 is 0 Å². The number of rotatable bonds is 3. The molecule has 7 nitrogen and oxygen atoms in total. The van der Waals surface area contributed by atoms with E-state index in [9.17, 15) is 4.79 Å². The Kier molecular flexibility index (Phi) is 2.71.